The standard InChI is InChI=1S/C13H10BrN3O/c1-18-12-4-3-9(7-10(12)14)11-8-17-6-2-5-15-13(17)16-11/h2-8H,1H3/p+1. The van der Waals surface area contributed by atoms with Gasteiger partial charge in [0.1, 0.15) is 23.8 Å². The van der Waals surface area contributed by atoms with Gasteiger partial charge in [0.15, 0.2) is 0 Å². The monoisotopic (exact) mass is 304 g/mol. The van der Waals surface area contributed by atoms with E-state index in [1.807, 2.05) is 41.1 Å². The zero-order valence-electron chi connectivity index (χ0n) is 9.72. The fraction of sp³-hybridized carbons (Fsp3) is 0.0769. The number of halogens is 1. The van der Waals surface area contributed by atoms with Gasteiger partial charge in [-0.25, -0.2) is 9.38 Å². The van der Waals surface area contributed by atoms with Gasteiger partial charge >= 0.3 is 5.78 Å². The van der Waals surface area contributed by atoms with Crippen LogP contribution in [-0.4, -0.2) is 17.1 Å². The van der Waals surface area contributed by atoms with Crippen molar-refractivity contribution in [3.63, 3.8) is 0 Å². The highest BCUT2D eigenvalue weighted by atomic mass is 79.9. The number of H-pyrrole nitrogens is 1. The lowest BCUT2D eigenvalue weighted by Gasteiger charge is -2.03. The van der Waals surface area contributed by atoms with Crippen LogP contribution >= 0.6 is 15.9 Å². The summed E-state index contributed by atoms with van der Waals surface area (Å²) in [6.45, 7) is 0. The summed E-state index contributed by atoms with van der Waals surface area (Å²) in [6, 6.07) is 7.86. The second-order valence-electron chi connectivity index (χ2n) is 3.87. The third-order valence-electron chi connectivity index (χ3n) is 2.75. The Kier molecular flexibility index (Phi) is 2.76. The van der Waals surface area contributed by atoms with Gasteiger partial charge in [-0.2, -0.15) is 0 Å². The predicted octanol–water partition coefficient (Wildman–Crippen LogP) is 2.59. The minimum atomic E-state index is 0.819. The first-order valence-corrected chi connectivity index (χ1v) is 6.26. The molecule has 0 aliphatic heterocycles. The van der Waals surface area contributed by atoms with E-state index in [0.29, 0.717) is 0 Å². The lowest BCUT2D eigenvalue weighted by molar-refractivity contribution is -0.512. The van der Waals surface area contributed by atoms with Gasteiger partial charge in [-0.15, -0.1) is 0 Å². The molecule has 0 atom stereocenters. The van der Waals surface area contributed by atoms with Crippen LogP contribution in [0.2, 0.25) is 0 Å². The van der Waals surface area contributed by atoms with Gasteiger partial charge in [0.05, 0.1) is 17.8 Å². The van der Waals surface area contributed by atoms with Crippen LogP contribution in [0.3, 0.4) is 0 Å². The number of hydrogen-bond donors (Lipinski definition) is 1. The maximum atomic E-state index is 5.22. The lowest BCUT2D eigenvalue weighted by atomic mass is 10.2. The van der Waals surface area contributed by atoms with Crippen LogP contribution in [-0.2, 0) is 0 Å². The molecule has 2 heterocycles. The first-order chi connectivity index (χ1) is 8.78. The van der Waals surface area contributed by atoms with Gasteiger partial charge < -0.3 is 4.74 Å². The molecule has 18 heavy (non-hydrogen) atoms. The highest BCUT2D eigenvalue weighted by Crippen LogP contribution is 2.29. The summed E-state index contributed by atoms with van der Waals surface area (Å²) in [5.74, 6) is 1.64. The fourth-order valence-electron chi connectivity index (χ4n) is 1.86. The molecule has 5 heteroatoms. The number of hydrogen-bond acceptors (Lipinski definition) is 2. The number of benzene rings is 1. The van der Waals surface area contributed by atoms with Crippen LogP contribution in [0.15, 0.2) is 47.3 Å². The molecule has 1 N–H and O–H groups in total. The van der Waals surface area contributed by atoms with E-state index in [-0.39, 0.29) is 0 Å². The van der Waals surface area contributed by atoms with Crippen molar-refractivity contribution >= 4 is 21.7 Å². The van der Waals surface area contributed by atoms with Crippen LogP contribution in [0.1, 0.15) is 0 Å². The number of nitrogens with zero attached hydrogens (tertiary/aromatic N) is 2. The van der Waals surface area contributed by atoms with Crippen molar-refractivity contribution in [3.05, 3.63) is 47.3 Å². The normalized spacial score (nSPS) is 10.8. The SMILES string of the molecule is COc1ccc(-c2c[n+]3cccnc3[nH]2)cc1Br. The van der Waals surface area contributed by atoms with Gasteiger partial charge in [0, 0.05) is 11.6 Å². The summed E-state index contributed by atoms with van der Waals surface area (Å²) in [7, 11) is 1.66. The Bertz CT molecular complexity index is 675. The number of imidazole rings is 1. The number of ether oxygens (including phenoxy) is 1. The van der Waals surface area contributed by atoms with Crippen molar-refractivity contribution in [2.45, 2.75) is 0 Å². The summed E-state index contributed by atoms with van der Waals surface area (Å²) < 4.78 is 8.10. The van der Waals surface area contributed by atoms with E-state index in [1.165, 1.54) is 0 Å². The number of methoxy groups -OCH3 is 1. The summed E-state index contributed by atoms with van der Waals surface area (Å²) in [5, 5.41) is 0. The maximum Gasteiger partial charge on any atom is 0.401 e. The molecule has 0 aliphatic carbocycles. The summed E-state index contributed by atoms with van der Waals surface area (Å²) >= 11 is 3.49. The molecule has 3 aromatic rings. The van der Waals surface area contributed by atoms with Crippen LogP contribution in [0, 0.1) is 0 Å². The molecule has 0 saturated carbocycles. The van der Waals surface area contributed by atoms with Gasteiger partial charge in [0.2, 0.25) is 0 Å². The summed E-state index contributed by atoms with van der Waals surface area (Å²) in [4.78, 5) is 7.52. The number of aromatic nitrogens is 3. The van der Waals surface area contributed by atoms with Gasteiger partial charge in [-0.3, -0.25) is 0 Å². The van der Waals surface area contributed by atoms with Crippen LogP contribution in [0.4, 0.5) is 0 Å². The highest BCUT2D eigenvalue weighted by molar-refractivity contribution is 9.10. The molecular formula is C13H11BrN3O+. The van der Waals surface area contributed by atoms with Gasteiger partial charge in [-0.05, 0) is 34.1 Å². The Morgan fingerprint density at radius 3 is 3.00 bits per heavy atom. The number of aromatic amines is 1. The van der Waals surface area contributed by atoms with E-state index in [2.05, 4.69) is 25.9 Å². The first kappa shape index (κ1) is 11.2. The molecular weight excluding hydrogens is 294 g/mol. The molecule has 0 bridgehead atoms. The predicted molar refractivity (Wildman–Crippen MR) is 71.4 cm³/mol. The average molecular weight is 305 g/mol. The fourth-order valence-corrected chi connectivity index (χ4v) is 2.40. The van der Waals surface area contributed by atoms with E-state index in [9.17, 15) is 0 Å². The third kappa shape index (κ3) is 1.86. The molecule has 0 radical (unpaired) electrons. The molecule has 2 aromatic heterocycles. The van der Waals surface area contributed by atoms with E-state index < -0.39 is 0 Å². The molecule has 4 nitrogen and oxygen atoms in total. The minimum absolute atomic E-state index is 0.819. The van der Waals surface area contributed by atoms with Crippen LogP contribution in [0.5, 0.6) is 5.75 Å². The number of fused-ring (bicyclic) bond motifs is 1. The molecule has 0 fully saturated rings. The van der Waals surface area contributed by atoms with E-state index >= 15 is 0 Å². The maximum absolute atomic E-state index is 5.22. The Balaban J connectivity index is 2.11. The molecule has 0 unspecified atom stereocenters. The Hall–Kier alpha value is -1.88. The average Bonchev–Trinajstić information content (AvgIpc) is 2.82. The van der Waals surface area contributed by atoms with Crippen molar-refractivity contribution in [2.75, 3.05) is 7.11 Å². The number of rotatable bonds is 2. The zero-order valence-corrected chi connectivity index (χ0v) is 11.3. The van der Waals surface area contributed by atoms with E-state index in [1.54, 1.807) is 13.3 Å². The lowest BCUT2D eigenvalue weighted by Crippen LogP contribution is -2.17. The summed E-state index contributed by atoms with van der Waals surface area (Å²) in [5.41, 5.74) is 2.09. The van der Waals surface area contributed by atoms with Gasteiger partial charge in [-0.1, -0.05) is 4.98 Å². The molecule has 90 valence electrons. The Labute approximate surface area is 112 Å². The largest absolute Gasteiger partial charge is 0.496 e. The summed E-state index contributed by atoms with van der Waals surface area (Å²) in [6.07, 6.45) is 5.73. The molecule has 0 aliphatic rings. The van der Waals surface area contributed by atoms with Crippen LogP contribution < -0.4 is 9.14 Å². The Morgan fingerprint density at radius 1 is 1.39 bits per heavy atom. The third-order valence-corrected chi connectivity index (χ3v) is 3.37. The molecule has 3 rings (SSSR count). The van der Waals surface area contributed by atoms with E-state index in [0.717, 1.165) is 27.3 Å². The minimum Gasteiger partial charge on any atom is -0.496 e. The second kappa shape index (κ2) is 4.42. The molecule has 0 spiro atoms. The Morgan fingerprint density at radius 2 is 2.28 bits per heavy atom. The van der Waals surface area contributed by atoms with Crippen molar-refractivity contribution in [1.29, 1.82) is 0 Å². The topological polar surface area (TPSA) is 42.0 Å². The zero-order chi connectivity index (χ0) is 12.5. The second-order valence-corrected chi connectivity index (χ2v) is 4.72. The van der Waals surface area contributed by atoms with Crippen LogP contribution in [0.25, 0.3) is 17.0 Å². The van der Waals surface area contributed by atoms with Crippen molar-refractivity contribution < 1.29 is 9.14 Å². The van der Waals surface area contributed by atoms with Crippen molar-refractivity contribution in [2.24, 2.45) is 0 Å². The van der Waals surface area contributed by atoms with Crippen molar-refractivity contribution in [1.82, 2.24) is 9.97 Å². The van der Waals surface area contributed by atoms with Gasteiger partial charge in [0.25, 0.3) is 0 Å². The first-order valence-electron chi connectivity index (χ1n) is 5.47. The molecule has 0 amide bonds. The quantitative estimate of drug-likeness (QED) is 0.739. The smallest absolute Gasteiger partial charge is 0.401 e. The van der Waals surface area contributed by atoms with Crippen molar-refractivity contribution in [3.8, 4) is 17.0 Å². The highest BCUT2D eigenvalue weighted by Gasteiger charge is 2.11. The molecule has 0 saturated heterocycles. The van der Waals surface area contributed by atoms with E-state index in [4.69, 9.17) is 4.74 Å². The molecule has 1 aromatic carbocycles. The number of nitrogens with one attached hydrogen (secondary N) is 1.